The molecule has 0 bridgehead atoms. The second kappa shape index (κ2) is 8.00. The van der Waals surface area contributed by atoms with Crippen LogP contribution in [0, 0.1) is 5.41 Å². The van der Waals surface area contributed by atoms with E-state index in [2.05, 4.69) is 41.4 Å². The molecule has 1 aromatic heterocycles. The first-order valence-corrected chi connectivity index (χ1v) is 8.76. The Morgan fingerprint density at radius 3 is 2.27 bits per heavy atom. The summed E-state index contributed by atoms with van der Waals surface area (Å²) in [5, 5.41) is 0. The number of hydrogen-bond acceptors (Lipinski definition) is 3. The molecule has 0 spiro atoms. The Morgan fingerprint density at radius 1 is 1.00 bits per heavy atom. The molecule has 26 heavy (non-hydrogen) atoms. The average Bonchev–Trinajstić information content (AvgIpc) is 3.15. The van der Waals surface area contributed by atoms with Crippen molar-refractivity contribution in [2.24, 2.45) is 5.41 Å². The van der Waals surface area contributed by atoms with Crippen LogP contribution in [0.25, 0.3) is 0 Å². The number of imidazole rings is 1. The van der Waals surface area contributed by atoms with Crippen LogP contribution < -0.4 is 4.74 Å². The first-order valence-electron chi connectivity index (χ1n) is 8.76. The van der Waals surface area contributed by atoms with Gasteiger partial charge in [0.2, 0.25) is 0 Å². The minimum absolute atomic E-state index is 0.323. The lowest BCUT2D eigenvalue weighted by Crippen LogP contribution is -2.16. The van der Waals surface area contributed by atoms with Gasteiger partial charge in [-0.15, -0.1) is 0 Å². The molecule has 0 fully saturated rings. The molecule has 134 valence electrons. The predicted octanol–water partition coefficient (Wildman–Crippen LogP) is 4.28. The highest BCUT2D eigenvalue weighted by molar-refractivity contribution is 5.58. The van der Waals surface area contributed by atoms with Gasteiger partial charge >= 0.3 is 0 Å². The molecule has 3 rings (SSSR count). The fourth-order valence-electron chi connectivity index (χ4n) is 2.77. The number of carbonyl (C=O) groups excluding carboxylic acids is 1. The third-order valence-corrected chi connectivity index (χ3v) is 4.25. The van der Waals surface area contributed by atoms with Gasteiger partial charge in [0.1, 0.15) is 18.6 Å². The summed E-state index contributed by atoms with van der Waals surface area (Å²) in [7, 11) is 0. The van der Waals surface area contributed by atoms with Crippen molar-refractivity contribution in [3.05, 3.63) is 83.9 Å². The molecule has 0 aliphatic rings. The van der Waals surface area contributed by atoms with Crippen molar-refractivity contribution in [2.75, 3.05) is 0 Å². The average molecular weight is 348 g/mol. The molecule has 3 aromatic rings. The normalized spacial score (nSPS) is 11.3. The van der Waals surface area contributed by atoms with Crippen LogP contribution in [0.4, 0.5) is 0 Å². The molecule has 2 aromatic carbocycles. The van der Waals surface area contributed by atoms with Crippen molar-refractivity contribution in [2.45, 2.75) is 33.4 Å². The van der Waals surface area contributed by atoms with Crippen molar-refractivity contribution in [3.8, 4) is 5.75 Å². The second-order valence-electron chi connectivity index (χ2n) is 7.27. The minimum Gasteiger partial charge on any atom is -0.489 e. The van der Waals surface area contributed by atoms with Gasteiger partial charge in [-0.05, 0) is 35.2 Å². The van der Waals surface area contributed by atoms with E-state index in [0.717, 1.165) is 36.1 Å². The number of aromatic nitrogens is 2. The topological polar surface area (TPSA) is 44.1 Å². The standard InChI is InChI=1S/C22H24N2O2/c1-22(2,16-25)13-18-3-5-20(6-4-18)15-26-21-9-7-19(8-10-21)14-24-12-11-23-17-24/h3-12,16-17H,13-15H2,1-2H3. The van der Waals surface area contributed by atoms with Gasteiger partial charge < -0.3 is 14.1 Å². The first-order chi connectivity index (χ1) is 12.5. The lowest BCUT2D eigenvalue weighted by Gasteiger charge is -2.16. The number of aldehydes is 1. The largest absolute Gasteiger partial charge is 0.489 e. The van der Waals surface area contributed by atoms with Gasteiger partial charge in [-0.25, -0.2) is 4.98 Å². The fourth-order valence-corrected chi connectivity index (χ4v) is 2.77. The Hall–Kier alpha value is -2.88. The zero-order valence-electron chi connectivity index (χ0n) is 15.3. The summed E-state index contributed by atoms with van der Waals surface area (Å²) in [6.07, 6.45) is 7.30. The van der Waals surface area contributed by atoms with Gasteiger partial charge in [0.15, 0.2) is 0 Å². The van der Waals surface area contributed by atoms with E-state index in [1.165, 1.54) is 5.56 Å². The highest BCUT2D eigenvalue weighted by Gasteiger charge is 2.16. The number of ether oxygens (including phenoxy) is 1. The van der Waals surface area contributed by atoms with Crippen LogP contribution in [-0.4, -0.2) is 15.8 Å². The Bertz CT molecular complexity index is 820. The number of rotatable bonds is 8. The van der Waals surface area contributed by atoms with Crippen molar-refractivity contribution in [3.63, 3.8) is 0 Å². The maximum Gasteiger partial charge on any atom is 0.125 e. The molecule has 1 heterocycles. The Morgan fingerprint density at radius 2 is 1.65 bits per heavy atom. The summed E-state index contributed by atoms with van der Waals surface area (Å²) in [6.45, 7) is 5.23. The van der Waals surface area contributed by atoms with Gasteiger partial charge in [-0.2, -0.15) is 0 Å². The molecule has 0 aliphatic heterocycles. The van der Waals surface area contributed by atoms with E-state index in [9.17, 15) is 4.79 Å². The number of nitrogens with zero attached hydrogens (tertiary/aromatic N) is 2. The molecule has 0 aliphatic carbocycles. The van der Waals surface area contributed by atoms with Crippen LogP contribution in [0.3, 0.4) is 0 Å². The number of benzene rings is 2. The van der Waals surface area contributed by atoms with E-state index in [4.69, 9.17) is 4.74 Å². The van der Waals surface area contributed by atoms with Gasteiger partial charge in [0, 0.05) is 24.4 Å². The third kappa shape index (κ3) is 5.06. The van der Waals surface area contributed by atoms with Gasteiger partial charge in [-0.1, -0.05) is 50.2 Å². The van der Waals surface area contributed by atoms with Gasteiger partial charge in [0.05, 0.1) is 6.33 Å². The number of carbonyl (C=O) groups is 1. The lowest BCUT2D eigenvalue weighted by atomic mass is 9.87. The summed E-state index contributed by atoms with van der Waals surface area (Å²) in [6, 6.07) is 16.4. The molecule has 0 atom stereocenters. The van der Waals surface area contributed by atoms with E-state index in [-0.39, 0.29) is 5.41 Å². The summed E-state index contributed by atoms with van der Waals surface area (Å²) in [4.78, 5) is 15.1. The van der Waals surface area contributed by atoms with Crippen molar-refractivity contribution < 1.29 is 9.53 Å². The van der Waals surface area contributed by atoms with E-state index >= 15 is 0 Å². The molecule has 0 unspecified atom stereocenters. The maximum absolute atomic E-state index is 11.0. The summed E-state index contributed by atoms with van der Waals surface area (Å²) < 4.78 is 7.90. The Labute approximate surface area is 154 Å². The molecular formula is C22H24N2O2. The molecule has 4 heteroatoms. The first kappa shape index (κ1) is 17.9. The fraction of sp³-hybridized carbons (Fsp3) is 0.273. The summed E-state index contributed by atoms with van der Waals surface area (Å²) >= 11 is 0. The molecule has 0 amide bonds. The highest BCUT2D eigenvalue weighted by atomic mass is 16.5. The zero-order chi connectivity index (χ0) is 18.4. The monoisotopic (exact) mass is 348 g/mol. The van der Waals surface area contributed by atoms with Crippen LogP contribution in [0.1, 0.15) is 30.5 Å². The van der Waals surface area contributed by atoms with E-state index < -0.39 is 0 Å². The Kier molecular flexibility index (Phi) is 5.52. The van der Waals surface area contributed by atoms with Gasteiger partial charge in [-0.3, -0.25) is 0 Å². The van der Waals surface area contributed by atoms with Crippen LogP contribution in [0.2, 0.25) is 0 Å². The quantitative estimate of drug-likeness (QED) is 0.571. The lowest BCUT2D eigenvalue weighted by molar-refractivity contribution is -0.114. The molecule has 0 N–H and O–H groups in total. The maximum atomic E-state index is 11.0. The van der Waals surface area contributed by atoms with Crippen molar-refractivity contribution in [1.82, 2.24) is 9.55 Å². The zero-order valence-corrected chi connectivity index (χ0v) is 15.3. The SMILES string of the molecule is CC(C)(C=O)Cc1ccc(COc2ccc(Cn3ccnc3)cc2)cc1. The molecule has 0 saturated carbocycles. The van der Waals surface area contributed by atoms with E-state index in [0.29, 0.717) is 6.61 Å². The van der Waals surface area contributed by atoms with Crippen LogP contribution >= 0.6 is 0 Å². The second-order valence-corrected chi connectivity index (χ2v) is 7.27. The predicted molar refractivity (Wildman–Crippen MR) is 102 cm³/mol. The molecule has 0 radical (unpaired) electrons. The van der Waals surface area contributed by atoms with Crippen molar-refractivity contribution >= 4 is 6.29 Å². The van der Waals surface area contributed by atoms with Gasteiger partial charge in [0.25, 0.3) is 0 Å². The van der Waals surface area contributed by atoms with E-state index in [1.54, 1.807) is 6.20 Å². The van der Waals surface area contributed by atoms with E-state index in [1.807, 2.05) is 43.1 Å². The molecule has 0 saturated heterocycles. The third-order valence-electron chi connectivity index (χ3n) is 4.25. The van der Waals surface area contributed by atoms with Crippen LogP contribution in [0.5, 0.6) is 5.75 Å². The smallest absolute Gasteiger partial charge is 0.125 e. The minimum atomic E-state index is -0.323. The van der Waals surface area contributed by atoms with Crippen LogP contribution in [-0.2, 0) is 24.4 Å². The summed E-state index contributed by atoms with van der Waals surface area (Å²) in [5.41, 5.74) is 3.16. The highest BCUT2D eigenvalue weighted by Crippen LogP contribution is 2.20. The molecule has 4 nitrogen and oxygen atoms in total. The molecular weight excluding hydrogens is 324 g/mol. The number of hydrogen-bond donors (Lipinski definition) is 0. The van der Waals surface area contributed by atoms with Crippen LogP contribution in [0.15, 0.2) is 67.3 Å². The Balaban J connectivity index is 1.53. The summed E-state index contributed by atoms with van der Waals surface area (Å²) in [5.74, 6) is 0.852. The van der Waals surface area contributed by atoms with Crippen molar-refractivity contribution in [1.29, 1.82) is 0 Å².